The van der Waals surface area contributed by atoms with Crippen molar-refractivity contribution in [3.05, 3.63) is 29.8 Å². The Morgan fingerprint density at radius 1 is 1.00 bits per heavy atom. The first kappa shape index (κ1) is 18.1. The van der Waals surface area contributed by atoms with Gasteiger partial charge in [-0.3, -0.25) is 4.98 Å². The fourth-order valence-electron chi connectivity index (χ4n) is 2.60. The maximum absolute atomic E-state index is 13.4. The van der Waals surface area contributed by atoms with Crippen molar-refractivity contribution in [1.82, 2.24) is 4.98 Å². The summed E-state index contributed by atoms with van der Waals surface area (Å²) in [5.41, 5.74) is 0.188. The molecule has 2 nitrogen and oxygen atoms in total. The number of unbranched alkanes of at least 4 members (excludes halogenated alkanes) is 9. The van der Waals surface area contributed by atoms with Gasteiger partial charge in [0.2, 0.25) is 0 Å². The van der Waals surface area contributed by atoms with Crippen molar-refractivity contribution < 1.29 is 9.50 Å². The Hall–Kier alpha value is -0.960. The Bertz CT molecular complexity index is 370. The Labute approximate surface area is 128 Å². The third-order valence-corrected chi connectivity index (χ3v) is 3.93. The molecule has 0 saturated carbocycles. The van der Waals surface area contributed by atoms with Crippen LogP contribution in [-0.4, -0.2) is 10.1 Å². The molecule has 1 aromatic rings. The first-order chi connectivity index (χ1) is 10.3. The van der Waals surface area contributed by atoms with Gasteiger partial charge in [-0.1, -0.05) is 71.1 Å². The van der Waals surface area contributed by atoms with E-state index in [9.17, 15) is 9.50 Å². The third-order valence-electron chi connectivity index (χ3n) is 3.93. The number of halogens is 1. The summed E-state index contributed by atoms with van der Waals surface area (Å²) in [6, 6.07) is 2.90. The lowest BCUT2D eigenvalue weighted by atomic mass is 10.0. The van der Waals surface area contributed by atoms with Gasteiger partial charge in [-0.15, -0.1) is 0 Å². The zero-order valence-corrected chi connectivity index (χ0v) is 13.4. The number of aromatic nitrogens is 1. The Kier molecular flexibility index (Phi) is 10.1. The first-order valence-corrected chi connectivity index (χ1v) is 8.54. The minimum absolute atomic E-state index is 0.188. The number of pyridine rings is 1. The Morgan fingerprint density at radius 2 is 1.57 bits per heavy atom. The minimum Gasteiger partial charge on any atom is -0.387 e. The smallest absolute Gasteiger partial charge is 0.147 e. The molecule has 1 heterocycles. The Balaban J connectivity index is 1.98. The van der Waals surface area contributed by atoms with E-state index in [4.69, 9.17) is 0 Å². The van der Waals surface area contributed by atoms with E-state index in [0.29, 0.717) is 6.42 Å². The summed E-state index contributed by atoms with van der Waals surface area (Å²) in [6.45, 7) is 2.24. The van der Waals surface area contributed by atoms with Gasteiger partial charge in [-0.05, 0) is 18.6 Å². The van der Waals surface area contributed by atoms with Crippen molar-refractivity contribution in [2.75, 3.05) is 0 Å². The molecule has 0 fully saturated rings. The molecule has 0 radical (unpaired) electrons. The van der Waals surface area contributed by atoms with Gasteiger partial charge in [0.15, 0.2) is 0 Å². The highest BCUT2D eigenvalue weighted by molar-refractivity contribution is 5.09. The van der Waals surface area contributed by atoms with Crippen LogP contribution in [0, 0.1) is 5.82 Å². The molecule has 0 spiro atoms. The predicted molar refractivity (Wildman–Crippen MR) is 85.6 cm³/mol. The van der Waals surface area contributed by atoms with Crippen molar-refractivity contribution in [3.63, 3.8) is 0 Å². The average Bonchev–Trinajstić information content (AvgIpc) is 2.49. The zero-order chi connectivity index (χ0) is 15.3. The topological polar surface area (TPSA) is 33.1 Å². The van der Waals surface area contributed by atoms with Crippen molar-refractivity contribution in [2.24, 2.45) is 0 Å². The molecule has 3 heteroatoms. The quantitative estimate of drug-likeness (QED) is 0.512. The Morgan fingerprint density at radius 3 is 2.14 bits per heavy atom. The number of hydrogen-bond donors (Lipinski definition) is 1. The van der Waals surface area contributed by atoms with Gasteiger partial charge in [0.1, 0.15) is 11.5 Å². The van der Waals surface area contributed by atoms with E-state index in [2.05, 4.69) is 11.9 Å². The van der Waals surface area contributed by atoms with Crippen molar-refractivity contribution in [1.29, 1.82) is 0 Å². The number of nitrogens with zero attached hydrogens (tertiary/aromatic N) is 1. The van der Waals surface area contributed by atoms with E-state index in [1.165, 1.54) is 63.6 Å². The summed E-state index contributed by atoms with van der Waals surface area (Å²) in [5.74, 6) is -0.405. The molecular weight excluding hydrogens is 265 g/mol. The highest BCUT2D eigenvalue weighted by Gasteiger charge is 2.13. The molecule has 0 amide bonds. The normalized spacial score (nSPS) is 12.5. The van der Waals surface area contributed by atoms with Gasteiger partial charge < -0.3 is 5.11 Å². The maximum Gasteiger partial charge on any atom is 0.147 e. The second kappa shape index (κ2) is 11.7. The van der Waals surface area contributed by atoms with Gasteiger partial charge in [-0.25, -0.2) is 4.39 Å². The summed E-state index contributed by atoms with van der Waals surface area (Å²) < 4.78 is 13.4. The van der Waals surface area contributed by atoms with E-state index in [-0.39, 0.29) is 5.69 Å². The SMILES string of the molecule is CCCCCCCCCCCCC(O)c1ncccc1F. The minimum atomic E-state index is -0.764. The van der Waals surface area contributed by atoms with Gasteiger partial charge in [0, 0.05) is 6.20 Å². The van der Waals surface area contributed by atoms with E-state index in [0.717, 1.165) is 12.8 Å². The zero-order valence-electron chi connectivity index (χ0n) is 13.4. The molecular formula is C18H30FNO. The van der Waals surface area contributed by atoms with Gasteiger partial charge >= 0.3 is 0 Å². The molecule has 1 N–H and O–H groups in total. The van der Waals surface area contributed by atoms with Crippen LogP contribution >= 0.6 is 0 Å². The van der Waals surface area contributed by atoms with Crippen LogP contribution in [0.4, 0.5) is 4.39 Å². The second-order valence-electron chi connectivity index (χ2n) is 5.86. The van der Waals surface area contributed by atoms with Crippen LogP contribution in [0.3, 0.4) is 0 Å². The molecule has 0 aliphatic heterocycles. The van der Waals surface area contributed by atoms with Crippen LogP contribution in [-0.2, 0) is 0 Å². The lowest BCUT2D eigenvalue weighted by Gasteiger charge is -2.10. The highest BCUT2D eigenvalue weighted by Crippen LogP contribution is 2.20. The number of aliphatic hydroxyl groups excluding tert-OH is 1. The van der Waals surface area contributed by atoms with Crippen molar-refractivity contribution in [3.8, 4) is 0 Å². The first-order valence-electron chi connectivity index (χ1n) is 8.54. The fourth-order valence-corrected chi connectivity index (χ4v) is 2.60. The molecule has 0 aromatic carbocycles. The monoisotopic (exact) mass is 295 g/mol. The molecule has 0 aliphatic carbocycles. The highest BCUT2D eigenvalue weighted by atomic mass is 19.1. The van der Waals surface area contributed by atoms with Crippen molar-refractivity contribution in [2.45, 2.75) is 83.7 Å². The van der Waals surface area contributed by atoms with E-state index in [1.54, 1.807) is 6.07 Å². The van der Waals surface area contributed by atoms with E-state index >= 15 is 0 Å². The fraction of sp³-hybridized carbons (Fsp3) is 0.722. The van der Waals surface area contributed by atoms with Gasteiger partial charge in [0.05, 0.1) is 6.10 Å². The number of rotatable bonds is 12. The standard InChI is InChI=1S/C18H30FNO/c1-2-3-4-5-6-7-8-9-10-11-14-17(21)18-16(19)13-12-15-20-18/h12-13,15,17,21H,2-11,14H2,1H3. The molecule has 0 aliphatic rings. The lowest BCUT2D eigenvalue weighted by molar-refractivity contribution is 0.153. The molecule has 0 bridgehead atoms. The number of hydrogen-bond acceptors (Lipinski definition) is 2. The van der Waals surface area contributed by atoms with Crippen LogP contribution in [0.2, 0.25) is 0 Å². The summed E-state index contributed by atoms with van der Waals surface area (Å²) in [4.78, 5) is 3.92. The van der Waals surface area contributed by atoms with Gasteiger partial charge in [-0.2, -0.15) is 0 Å². The third kappa shape index (κ3) is 8.15. The largest absolute Gasteiger partial charge is 0.387 e. The number of aliphatic hydroxyl groups is 1. The van der Waals surface area contributed by atoms with Crippen LogP contribution in [0.1, 0.15) is 89.4 Å². The van der Waals surface area contributed by atoms with E-state index in [1.807, 2.05) is 0 Å². The summed E-state index contributed by atoms with van der Waals surface area (Å²) >= 11 is 0. The molecule has 1 atom stereocenters. The van der Waals surface area contributed by atoms with Crippen LogP contribution in [0.25, 0.3) is 0 Å². The molecule has 1 unspecified atom stereocenters. The van der Waals surface area contributed by atoms with Crippen LogP contribution < -0.4 is 0 Å². The summed E-state index contributed by atoms with van der Waals surface area (Å²) in [7, 11) is 0. The lowest BCUT2D eigenvalue weighted by Crippen LogP contribution is -2.03. The molecule has 1 aromatic heterocycles. The van der Waals surface area contributed by atoms with Crippen LogP contribution in [0.15, 0.2) is 18.3 Å². The van der Waals surface area contributed by atoms with Gasteiger partial charge in [0.25, 0.3) is 0 Å². The predicted octanol–water partition coefficient (Wildman–Crippen LogP) is 5.57. The maximum atomic E-state index is 13.4. The van der Waals surface area contributed by atoms with Crippen molar-refractivity contribution >= 4 is 0 Å². The molecule has 21 heavy (non-hydrogen) atoms. The average molecular weight is 295 g/mol. The van der Waals surface area contributed by atoms with E-state index < -0.39 is 11.9 Å². The second-order valence-corrected chi connectivity index (χ2v) is 5.86. The van der Waals surface area contributed by atoms with Crippen LogP contribution in [0.5, 0.6) is 0 Å². The molecule has 0 saturated heterocycles. The summed E-state index contributed by atoms with van der Waals surface area (Å²) in [5, 5.41) is 9.92. The molecule has 1 rings (SSSR count). The molecule has 120 valence electrons. The summed E-state index contributed by atoms with van der Waals surface area (Å²) in [6.07, 6.45) is 14.0.